The van der Waals surface area contributed by atoms with Crippen LogP contribution in [0, 0.1) is 11.8 Å². The van der Waals surface area contributed by atoms with Crippen LogP contribution in [-0.2, 0) is 14.4 Å². The van der Waals surface area contributed by atoms with Gasteiger partial charge in [-0.05, 0) is 19.3 Å². The van der Waals surface area contributed by atoms with Gasteiger partial charge >= 0.3 is 0 Å². The molecule has 0 radical (unpaired) electrons. The van der Waals surface area contributed by atoms with Crippen molar-refractivity contribution in [3.8, 4) is 0 Å². The van der Waals surface area contributed by atoms with Crippen molar-refractivity contribution < 1.29 is 14.4 Å². The lowest BCUT2D eigenvalue weighted by Crippen LogP contribution is -2.44. The number of carbonyl (C=O) groups excluding carboxylic acids is 3. The minimum absolute atomic E-state index is 0.0604. The van der Waals surface area contributed by atoms with Crippen molar-refractivity contribution >= 4 is 17.7 Å². The minimum Gasteiger partial charge on any atom is -0.369 e. The molecule has 0 aromatic carbocycles. The smallest absolute Gasteiger partial charge is 0.227 e. The quantitative estimate of drug-likeness (QED) is 0.795. The number of amides is 3. The van der Waals surface area contributed by atoms with Crippen LogP contribution < -0.4 is 5.73 Å². The number of primary amides is 1. The van der Waals surface area contributed by atoms with E-state index in [2.05, 4.69) is 6.92 Å². The van der Waals surface area contributed by atoms with E-state index in [1.807, 2.05) is 4.90 Å². The second-order valence-electron chi connectivity index (χ2n) is 6.10. The molecule has 6 heteroatoms. The first-order valence-electron chi connectivity index (χ1n) is 7.88. The van der Waals surface area contributed by atoms with Crippen LogP contribution in [0.15, 0.2) is 0 Å². The predicted molar refractivity (Wildman–Crippen MR) is 78.1 cm³/mol. The van der Waals surface area contributed by atoms with Gasteiger partial charge in [-0.2, -0.15) is 0 Å². The molecule has 6 nitrogen and oxygen atoms in total. The molecule has 0 bridgehead atoms. The van der Waals surface area contributed by atoms with Gasteiger partial charge in [-0.15, -0.1) is 0 Å². The van der Waals surface area contributed by atoms with Gasteiger partial charge in [0.15, 0.2) is 0 Å². The van der Waals surface area contributed by atoms with Crippen LogP contribution in [0.3, 0.4) is 0 Å². The summed E-state index contributed by atoms with van der Waals surface area (Å²) in [5, 5.41) is 0. The van der Waals surface area contributed by atoms with Crippen molar-refractivity contribution in [2.24, 2.45) is 17.6 Å². The maximum absolute atomic E-state index is 12.5. The number of piperidine rings is 1. The highest BCUT2D eigenvalue weighted by molar-refractivity contribution is 5.89. The van der Waals surface area contributed by atoms with Crippen molar-refractivity contribution in [3.05, 3.63) is 0 Å². The lowest BCUT2D eigenvalue weighted by Gasteiger charge is -2.32. The van der Waals surface area contributed by atoms with Crippen molar-refractivity contribution in [1.82, 2.24) is 9.80 Å². The fourth-order valence-electron chi connectivity index (χ4n) is 3.15. The first kappa shape index (κ1) is 15.8. The number of carbonyl (C=O) groups is 3. The van der Waals surface area contributed by atoms with Crippen LogP contribution in [0.4, 0.5) is 0 Å². The van der Waals surface area contributed by atoms with Crippen LogP contribution in [0.2, 0.25) is 0 Å². The van der Waals surface area contributed by atoms with Crippen molar-refractivity contribution in [3.63, 3.8) is 0 Å². The Balaban J connectivity index is 1.84. The standard InChI is InChI=1S/C15H25N3O3/c1-2-3-6-18-10-12(9-13(18)19)15(21)17-7-4-11(5-8-17)14(16)20/h11-12H,2-10H2,1H3,(H2,16,20)/t12-/m0/s1. The van der Waals surface area contributed by atoms with E-state index in [4.69, 9.17) is 5.73 Å². The van der Waals surface area contributed by atoms with Crippen LogP contribution in [-0.4, -0.2) is 53.7 Å². The summed E-state index contributed by atoms with van der Waals surface area (Å²) in [6.45, 7) is 4.54. The van der Waals surface area contributed by atoms with Gasteiger partial charge < -0.3 is 15.5 Å². The van der Waals surface area contributed by atoms with Crippen LogP contribution in [0.5, 0.6) is 0 Å². The summed E-state index contributed by atoms with van der Waals surface area (Å²) in [4.78, 5) is 39.1. The van der Waals surface area contributed by atoms with E-state index in [1.54, 1.807) is 4.90 Å². The highest BCUT2D eigenvalue weighted by atomic mass is 16.2. The number of hydrogen-bond donors (Lipinski definition) is 1. The second-order valence-corrected chi connectivity index (χ2v) is 6.10. The fraction of sp³-hybridized carbons (Fsp3) is 0.800. The summed E-state index contributed by atoms with van der Waals surface area (Å²) in [6, 6.07) is 0. The Morgan fingerprint density at radius 1 is 1.24 bits per heavy atom. The molecule has 21 heavy (non-hydrogen) atoms. The number of nitrogens with zero attached hydrogens (tertiary/aromatic N) is 2. The molecule has 0 unspecified atom stereocenters. The van der Waals surface area contributed by atoms with Gasteiger partial charge in [-0.1, -0.05) is 13.3 Å². The first-order chi connectivity index (χ1) is 10.0. The number of rotatable bonds is 5. The van der Waals surface area contributed by atoms with Crippen molar-refractivity contribution in [1.29, 1.82) is 0 Å². The van der Waals surface area contributed by atoms with E-state index in [0.29, 0.717) is 38.9 Å². The van der Waals surface area contributed by atoms with E-state index < -0.39 is 0 Å². The van der Waals surface area contributed by atoms with Crippen molar-refractivity contribution in [2.75, 3.05) is 26.2 Å². The molecule has 2 fully saturated rings. The Kier molecular flexibility index (Phi) is 5.20. The third kappa shape index (κ3) is 3.74. The van der Waals surface area contributed by atoms with Crippen LogP contribution >= 0.6 is 0 Å². The van der Waals surface area contributed by atoms with E-state index in [1.165, 1.54) is 0 Å². The molecule has 0 aromatic heterocycles. The maximum atomic E-state index is 12.5. The Hall–Kier alpha value is -1.59. The average molecular weight is 295 g/mol. The minimum atomic E-state index is -0.274. The van der Waals surface area contributed by atoms with Crippen LogP contribution in [0.1, 0.15) is 39.0 Å². The molecule has 2 aliphatic rings. The van der Waals surface area contributed by atoms with Gasteiger partial charge in [0, 0.05) is 38.5 Å². The lowest BCUT2D eigenvalue weighted by molar-refractivity contribution is -0.138. The molecule has 0 saturated carbocycles. The van der Waals surface area contributed by atoms with E-state index in [0.717, 1.165) is 19.4 Å². The summed E-state index contributed by atoms with van der Waals surface area (Å²) in [6.07, 6.45) is 3.64. The van der Waals surface area contributed by atoms with E-state index in [-0.39, 0.29) is 29.6 Å². The molecule has 2 heterocycles. The van der Waals surface area contributed by atoms with Gasteiger partial charge in [0.05, 0.1) is 5.92 Å². The molecule has 0 spiro atoms. The number of hydrogen-bond acceptors (Lipinski definition) is 3. The predicted octanol–water partition coefficient (Wildman–Crippen LogP) is 0.359. The second kappa shape index (κ2) is 6.91. The molecular weight excluding hydrogens is 270 g/mol. The van der Waals surface area contributed by atoms with Gasteiger partial charge in [-0.3, -0.25) is 14.4 Å². The monoisotopic (exact) mass is 295 g/mol. The fourth-order valence-corrected chi connectivity index (χ4v) is 3.15. The average Bonchev–Trinajstić information content (AvgIpc) is 2.85. The summed E-state index contributed by atoms with van der Waals surface area (Å²) >= 11 is 0. The molecule has 118 valence electrons. The number of unbranched alkanes of at least 4 members (excludes halogenated alkanes) is 1. The van der Waals surface area contributed by atoms with Crippen LogP contribution in [0.25, 0.3) is 0 Å². The maximum Gasteiger partial charge on any atom is 0.227 e. The molecule has 3 amide bonds. The highest BCUT2D eigenvalue weighted by Gasteiger charge is 2.37. The molecule has 2 N–H and O–H groups in total. The third-order valence-electron chi connectivity index (χ3n) is 4.55. The molecular formula is C15H25N3O3. The van der Waals surface area contributed by atoms with Crippen molar-refractivity contribution in [2.45, 2.75) is 39.0 Å². The first-order valence-corrected chi connectivity index (χ1v) is 7.88. The topological polar surface area (TPSA) is 83.7 Å². The van der Waals surface area contributed by atoms with Gasteiger partial charge in [0.2, 0.25) is 17.7 Å². The van der Waals surface area contributed by atoms with Gasteiger partial charge in [0.1, 0.15) is 0 Å². The zero-order valence-corrected chi connectivity index (χ0v) is 12.7. The normalized spacial score (nSPS) is 23.7. The molecule has 0 aliphatic carbocycles. The largest absolute Gasteiger partial charge is 0.369 e. The zero-order valence-electron chi connectivity index (χ0n) is 12.7. The van der Waals surface area contributed by atoms with Gasteiger partial charge in [0.25, 0.3) is 0 Å². The number of likely N-dealkylation sites (tertiary alicyclic amines) is 2. The molecule has 2 saturated heterocycles. The van der Waals surface area contributed by atoms with E-state index >= 15 is 0 Å². The highest BCUT2D eigenvalue weighted by Crippen LogP contribution is 2.24. The Morgan fingerprint density at radius 3 is 2.48 bits per heavy atom. The lowest BCUT2D eigenvalue weighted by atomic mass is 9.95. The Morgan fingerprint density at radius 2 is 1.90 bits per heavy atom. The Bertz CT molecular complexity index is 416. The SMILES string of the molecule is CCCCN1C[C@@H](C(=O)N2CCC(C(N)=O)CC2)CC1=O. The molecule has 2 aliphatic heterocycles. The summed E-state index contributed by atoms with van der Waals surface area (Å²) in [7, 11) is 0. The molecule has 2 rings (SSSR count). The van der Waals surface area contributed by atoms with Gasteiger partial charge in [-0.25, -0.2) is 0 Å². The zero-order chi connectivity index (χ0) is 15.4. The number of nitrogens with two attached hydrogens (primary N) is 1. The summed E-state index contributed by atoms with van der Waals surface area (Å²) < 4.78 is 0. The molecule has 1 atom stereocenters. The summed E-state index contributed by atoms with van der Waals surface area (Å²) in [5.41, 5.74) is 5.30. The van der Waals surface area contributed by atoms with E-state index in [9.17, 15) is 14.4 Å². The Labute approximate surface area is 125 Å². The molecule has 0 aromatic rings. The summed E-state index contributed by atoms with van der Waals surface area (Å²) in [5.74, 6) is -0.442. The third-order valence-corrected chi connectivity index (χ3v) is 4.55.